The van der Waals surface area contributed by atoms with E-state index in [0.29, 0.717) is 23.2 Å². The van der Waals surface area contributed by atoms with E-state index in [1.54, 1.807) is 6.20 Å². The van der Waals surface area contributed by atoms with E-state index in [1.807, 2.05) is 18.2 Å². The highest BCUT2D eigenvalue weighted by Gasteiger charge is 2.09. The maximum absolute atomic E-state index is 6.14. The molecule has 0 atom stereocenters. The number of rotatable bonds is 4. The Hall–Kier alpha value is -0.840. The highest BCUT2D eigenvalue weighted by molar-refractivity contribution is 9.10. The van der Waals surface area contributed by atoms with Gasteiger partial charge in [-0.15, -0.1) is 0 Å². The monoisotopic (exact) mass is 314 g/mol. The molecular weight excluding hydrogens is 304 g/mol. The molecule has 0 fully saturated rings. The van der Waals surface area contributed by atoms with Gasteiger partial charge < -0.3 is 10.2 Å². The van der Waals surface area contributed by atoms with Crippen molar-refractivity contribution in [3.63, 3.8) is 0 Å². The summed E-state index contributed by atoms with van der Waals surface area (Å²) in [6.45, 7) is 0.636. The van der Waals surface area contributed by atoms with Gasteiger partial charge in [0.15, 0.2) is 11.7 Å². The fraction of sp³-hybridized carbons (Fsp3) is 0.250. The van der Waals surface area contributed by atoms with Gasteiger partial charge in [-0.2, -0.15) is 0 Å². The van der Waals surface area contributed by atoms with Crippen LogP contribution in [0.5, 0.6) is 0 Å². The molecule has 3 nitrogen and oxygen atoms in total. The second-order valence-electron chi connectivity index (χ2n) is 3.63. The average Bonchev–Trinajstić information content (AvgIpc) is 2.75. The quantitative estimate of drug-likeness (QED) is 0.937. The van der Waals surface area contributed by atoms with Gasteiger partial charge in [-0.05, 0) is 31.2 Å². The number of nitrogens with two attached hydrogens (primary N) is 1. The Morgan fingerprint density at radius 1 is 1.41 bits per heavy atom. The second kappa shape index (κ2) is 5.67. The third-order valence-corrected chi connectivity index (χ3v) is 3.15. The number of hydrogen-bond donors (Lipinski definition) is 1. The molecule has 0 aliphatic rings. The number of nitrogens with zero attached hydrogens (tertiary/aromatic N) is 1. The molecule has 1 aromatic carbocycles. The van der Waals surface area contributed by atoms with Crippen LogP contribution in [0.25, 0.3) is 11.3 Å². The van der Waals surface area contributed by atoms with E-state index in [1.165, 1.54) is 0 Å². The molecule has 2 rings (SSSR count). The van der Waals surface area contributed by atoms with Crippen molar-refractivity contribution < 1.29 is 4.42 Å². The van der Waals surface area contributed by atoms with E-state index < -0.39 is 0 Å². The zero-order valence-corrected chi connectivity index (χ0v) is 11.5. The maximum Gasteiger partial charge on any atom is 0.194 e. The number of oxazole rings is 1. The van der Waals surface area contributed by atoms with E-state index in [9.17, 15) is 0 Å². The van der Waals surface area contributed by atoms with Crippen LogP contribution in [-0.4, -0.2) is 11.5 Å². The van der Waals surface area contributed by atoms with Crippen molar-refractivity contribution in [3.05, 3.63) is 39.8 Å². The molecule has 0 saturated heterocycles. The molecule has 1 aromatic heterocycles. The first-order chi connectivity index (χ1) is 8.20. The molecule has 5 heteroatoms. The van der Waals surface area contributed by atoms with Crippen LogP contribution in [0.1, 0.15) is 12.3 Å². The van der Waals surface area contributed by atoms with Gasteiger partial charge in [0.05, 0.1) is 11.2 Å². The van der Waals surface area contributed by atoms with Crippen LogP contribution >= 0.6 is 27.5 Å². The maximum atomic E-state index is 6.14. The molecule has 0 spiro atoms. The fourth-order valence-corrected chi connectivity index (χ4v) is 2.26. The minimum absolute atomic E-state index is 0.636. The SMILES string of the molecule is NCCCc1ncc(-c2ccc(Br)cc2Cl)o1. The smallest absolute Gasteiger partial charge is 0.194 e. The van der Waals surface area contributed by atoms with Gasteiger partial charge in [-0.25, -0.2) is 4.98 Å². The summed E-state index contributed by atoms with van der Waals surface area (Å²) in [5.74, 6) is 1.39. The zero-order valence-electron chi connectivity index (χ0n) is 9.12. The molecule has 0 radical (unpaired) electrons. The summed E-state index contributed by atoms with van der Waals surface area (Å²) < 4.78 is 6.57. The van der Waals surface area contributed by atoms with E-state index in [4.69, 9.17) is 21.8 Å². The lowest BCUT2D eigenvalue weighted by Crippen LogP contribution is -2.00. The lowest BCUT2D eigenvalue weighted by atomic mass is 10.2. The first-order valence-corrected chi connectivity index (χ1v) is 6.48. The van der Waals surface area contributed by atoms with E-state index in [0.717, 1.165) is 22.9 Å². The molecule has 2 aromatic rings. The lowest BCUT2D eigenvalue weighted by molar-refractivity contribution is 0.499. The van der Waals surface area contributed by atoms with Crippen molar-refractivity contribution >= 4 is 27.5 Å². The molecule has 2 N–H and O–H groups in total. The van der Waals surface area contributed by atoms with E-state index >= 15 is 0 Å². The Morgan fingerprint density at radius 3 is 2.94 bits per heavy atom. The number of aromatic nitrogens is 1. The number of hydrogen-bond acceptors (Lipinski definition) is 3. The van der Waals surface area contributed by atoms with Crippen molar-refractivity contribution in [1.29, 1.82) is 0 Å². The molecule has 0 amide bonds. The highest BCUT2D eigenvalue weighted by atomic mass is 79.9. The van der Waals surface area contributed by atoms with E-state index in [2.05, 4.69) is 20.9 Å². The van der Waals surface area contributed by atoms with Gasteiger partial charge in [-0.1, -0.05) is 27.5 Å². The lowest BCUT2D eigenvalue weighted by Gasteiger charge is -2.00. The Bertz CT molecular complexity index is 513. The Morgan fingerprint density at radius 2 is 2.24 bits per heavy atom. The predicted octanol–water partition coefficient (Wildman–Crippen LogP) is 3.65. The highest BCUT2D eigenvalue weighted by Crippen LogP contribution is 2.30. The summed E-state index contributed by atoms with van der Waals surface area (Å²) in [6.07, 6.45) is 3.32. The minimum Gasteiger partial charge on any atom is -0.441 e. The van der Waals surface area contributed by atoms with Crippen LogP contribution in [0.3, 0.4) is 0 Å². The van der Waals surface area contributed by atoms with Crippen LogP contribution in [0.2, 0.25) is 5.02 Å². The summed E-state index contributed by atoms with van der Waals surface area (Å²) in [5.41, 5.74) is 6.29. The molecule has 17 heavy (non-hydrogen) atoms. The summed E-state index contributed by atoms with van der Waals surface area (Å²) in [7, 11) is 0. The minimum atomic E-state index is 0.636. The summed E-state index contributed by atoms with van der Waals surface area (Å²) in [5, 5.41) is 0.640. The molecule has 0 saturated carbocycles. The van der Waals surface area contributed by atoms with Gasteiger partial charge in [0.25, 0.3) is 0 Å². The van der Waals surface area contributed by atoms with Crippen molar-refractivity contribution in [3.8, 4) is 11.3 Å². The Balaban J connectivity index is 2.24. The van der Waals surface area contributed by atoms with Crippen molar-refractivity contribution in [2.45, 2.75) is 12.8 Å². The molecule has 0 bridgehead atoms. The molecular formula is C12H12BrClN2O. The zero-order chi connectivity index (χ0) is 12.3. The molecule has 0 aliphatic heterocycles. The summed E-state index contributed by atoms with van der Waals surface area (Å²) in [6, 6.07) is 5.65. The second-order valence-corrected chi connectivity index (χ2v) is 4.96. The molecule has 90 valence electrons. The standard InChI is InChI=1S/C12H12BrClN2O/c13-8-3-4-9(10(14)6-8)11-7-16-12(17-11)2-1-5-15/h3-4,6-7H,1-2,5,15H2. The fourth-order valence-electron chi connectivity index (χ4n) is 1.49. The van der Waals surface area contributed by atoms with Crippen LogP contribution in [0, 0.1) is 0 Å². The van der Waals surface area contributed by atoms with Gasteiger partial charge >= 0.3 is 0 Å². The normalized spacial score (nSPS) is 10.8. The third kappa shape index (κ3) is 3.09. The average molecular weight is 316 g/mol. The van der Waals surface area contributed by atoms with Gasteiger partial charge in [0, 0.05) is 16.5 Å². The van der Waals surface area contributed by atoms with Crippen LogP contribution in [0.4, 0.5) is 0 Å². The van der Waals surface area contributed by atoms with Crippen LogP contribution < -0.4 is 5.73 Å². The summed E-state index contributed by atoms with van der Waals surface area (Å²) >= 11 is 9.50. The molecule has 0 unspecified atom stereocenters. The summed E-state index contributed by atoms with van der Waals surface area (Å²) in [4.78, 5) is 4.20. The van der Waals surface area contributed by atoms with E-state index in [-0.39, 0.29) is 0 Å². The largest absolute Gasteiger partial charge is 0.441 e. The Kier molecular flexibility index (Phi) is 4.20. The third-order valence-electron chi connectivity index (χ3n) is 2.34. The van der Waals surface area contributed by atoms with Gasteiger partial charge in [0.1, 0.15) is 0 Å². The number of halogens is 2. The number of benzene rings is 1. The predicted molar refractivity (Wildman–Crippen MR) is 72.0 cm³/mol. The Labute approximate surface area is 113 Å². The van der Waals surface area contributed by atoms with Crippen molar-refractivity contribution in [2.24, 2.45) is 5.73 Å². The number of aryl methyl sites for hydroxylation is 1. The van der Waals surface area contributed by atoms with Crippen LogP contribution in [0.15, 0.2) is 33.3 Å². The van der Waals surface area contributed by atoms with Crippen molar-refractivity contribution in [1.82, 2.24) is 4.98 Å². The van der Waals surface area contributed by atoms with Crippen LogP contribution in [-0.2, 0) is 6.42 Å². The first-order valence-electron chi connectivity index (χ1n) is 5.31. The molecule has 0 aliphatic carbocycles. The van der Waals surface area contributed by atoms with Crippen molar-refractivity contribution in [2.75, 3.05) is 6.54 Å². The topological polar surface area (TPSA) is 52.0 Å². The van der Waals surface area contributed by atoms with Gasteiger partial charge in [0.2, 0.25) is 0 Å². The van der Waals surface area contributed by atoms with Gasteiger partial charge in [-0.3, -0.25) is 0 Å². The molecule has 1 heterocycles. The first kappa shape index (κ1) is 12.6.